The van der Waals surface area contributed by atoms with E-state index in [0.717, 1.165) is 0 Å². The SMILES string of the molecule is C[C@H](F)P. The van der Waals surface area contributed by atoms with E-state index in [-0.39, 0.29) is 0 Å². The largest absolute Gasteiger partial charge is 0.243 e. The molecule has 0 aromatic carbocycles. The van der Waals surface area contributed by atoms with Gasteiger partial charge < -0.3 is 0 Å². The third-order valence-electron chi connectivity index (χ3n) is 0. The fraction of sp³-hybridized carbons (Fsp3) is 1.00. The first-order valence-corrected chi connectivity index (χ1v) is 1.80. The first-order chi connectivity index (χ1) is 1.73. The molecule has 0 aliphatic carbocycles. The van der Waals surface area contributed by atoms with E-state index in [1.807, 2.05) is 9.24 Å². The topological polar surface area (TPSA) is 0 Å². The Hall–Kier alpha value is 0.360. The third-order valence-corrected chi connectivity index (χ3v) is 0. The van der Waals surface area contributed by atoms with Crippen molar-refractivity contribution in [2.75, 3.05) is 0 Å². The lowest BCUT2D eigenvalue weighted by atomic mass is 10.9. The Labute approximate surface area is 27.6 Å². The summed E-state index contributed by atoms with van der Waals surface area (Å²) in [5.74, 6) is -0.750. The van der Waals surface area contributed by atoms with E-state index in [2.05, 4.69) is 0 Å². The molecule has 0 saturated heterocycles. The molecular weight excluding hydrogens is 74.0 g/mol. The van der Waals surface area contributed by atoms with E-state index in [4.69, 9.17) is 0 Å². The molecule has 0 amide bonds. The van der Waals surface area contributed by atoms with Crippen molar-refractivity contribution < 1.29 is 4.39 Å². The van der Waals surface area contributed by atoms with Gasteiger partial charge in [0.25, 0.3) is 0 Å². The number of hydrogen-bond acceptors (Lipinski definition) is 0. The fourth-order valence-corrected chi connectivity index (χ4v) is 0. The average Bonchev–Trinajstić information content (AvgIpc) is 0.811. The molecule has 0 fully saturated rings. The molecule has 0 saturated carbocycles. The number of hydrogen-bond donors (Lipinski definition) is 0. The van der Waals surface area contributed by atoms with Crippen molar-refractivity contribution >= 4 is 9.24 Å². The van der Waals surface area contributed by atoms with Crippen LogP contribution in [0, 0.1) is 0 Å². The predicted octanol–water partition coefficient (Wildman–Crippen LogP) is 1.18. The summed E-state index contributed by atoms with van der Waals surface area (Å²) in [5.41, 5.74) is 0. The Balaban J connectivity index is 2.32. The van der Waals surface area contributed by atoms with Gasteiger partial charge in [-0.3, -0.25) is 0 Å². The van der Waals surface area contributed by atoms with Crippen LogP contribution in [-0.4, -0.2) is 5.91 Å². The summed E-state index contributed by atoms with van der Waals surface area (Å²) in [5, 5.41) is 0. The number of halogens is 1. The van der Waals surface area contributed by atoms with Crippen LogP contribution in [0.2, 0.25) is 0 Å². The molecule has 0 nitrogen and oxygen atoms in total. The van der Waals surface area contributed by atoms with Crippen molar-refractivity contribution in [3.8, 4) is 0 Å². The fourth-order valence-electron chi connectivity index (χ4n) is 0. The summed E-state index contributed by atoms with van der Waals surface area (Å²) in [7, 11) is 1.99. The molecule has 1 unspecified atom stereocenters. The second-order valence-corrected chi connectivity index (χ2v) is 1.60. The van der Waals surface area contributed by atoms with E-state index in [1.54, 1.807) is 0 Å². The molecule has 0 radical (unpaired) electrons. The van der Waals surface area contributed by atoms with Crippen LogP contribution in [0.3, 0.4) is 0 Å². The Bertz CT molecular complexity index is 10.8. The highest BCUT2D eigenvalue weighted by Gasteiger charge is 1.73. The Morgan fingerprint density at radius 1 is 2.00 bits per heavy atom. The molecule has 2 atom stereocenters. The lowest BCUT2D eigenvalue weighted by Crippen LogP contribution is -1.65. The Morgan fingerprint density at radius 2 is 2.00 bits per heavy atom. The molecular formula is C2H6FP. The van der Waals surface area contributed by atoms with Crippen LogP contribution in [-0.2, 0) is 0 Å². The van der Waals surface area contributed by atoms with E-state index in [1.165, 1.54) is 6.92 Å². The molecule has 0 rings (SSSR count). The average molecular weight is 80.0 g/mol. The maximum atomic E-state index is 11.0. The molecule has 0 aliphatic heterocycles. The highest BCUT2D eigenvalue weighted by Crippen LogP contribution is 1.94. The highest BCUT2D eigenvalue weighted by molar-refractivity contribution is 7.17. The van der Waals surface area contributed by atoms with Gasteiger partial charge in [-0.2, -0.15) is 0 Å². The van der Waals surface area contributed by atoms with Crippen LogP contribution in [0.1, 0.15) is 6.92 Å². The van der Waals surface area contributed by atoms with Gasteiger partial charge in [-0.05, 0) is 6.92 Å². The van der Waals surface area contributed by atoms with Crippen LogP contribution in [0.25, 0.3) is 0 Å². The molecule has 4 heavy (non-hydrogen) atoms. The van der Waals surface area contributed by atoms with Gasteiger partial charge in [0.05, 0.1) is 0 Å². The second-order valence-electron chi connectivity index (χ2n) is 0.678. The first-order valence-electron chi connectivity index (χ1n) is 1.13. The lowest BCUT2D eigenvalue weighted by Gasteiger charge is -1.74. The normalized spacial score (nSPS) is 15.8. The van der Waals surface area contributed by atoms with Crippen LogP contribution >= 0.6 is 9.24 Å². The minimum absolute atomic E-state index is 0.750. The van der Waals surface area contributed by atoms with Crippen molar-refractivity contribution in [1.29, 1.82) is 0 Å². The monoisotopic (exact) mass is 80.0 g/mol. The zero-order chi connectivity index (χ0) is 3.58. The van der Waals surface area contributed by atoms with Crippen LogP contribution in [0.4, 0.5) is 4.39 Å². The standard InChI is InChI=1S/C2H6FP/c1-2(3)4/h2H,4H2,1H3/t2-/m1/s1. The maximum Gasteiger partial charge on any atom is 0.110 e. The predicted molar refractivity (Wildman–Crippen MR) is 20.3 cm³/mol. The van der Waals surface area contributed by atoms with Gasteiger partial charge in [0.1, 0.15) is 5.91 Å². The van der Waals surface area contributed by atoms with E-state index < -0.39 is 5.91 Å². The molecule has 0 aromatic heterocycles. The van der Waals surface area contributed by atoms with Crippen molar-refractivity contribution in [2.45, 2.75) is 12.8 Å². The molecule has 0 N–H and O–H groups in total. The smallest absolute Gasteiger partial charge is 0.110 e. The molecule has 0 bridgehead atoms. The molecule has 0 spiro atoms. The van der Waals surface area contributed by atoms with Crippen molar-refractivity contribution in [3.63, 3.8) is 0 Å². The first kappa shape index (κ1) is 4.36. The second kappa shape index (κ2) is 1.66. The highest BCUT2D eigenvalue weighted by atomic mass is 31.0. The van der Waals surface area contributed by atoms with Crippen LogP contribution < -0.4 is 0 Å². The van der Waals surface area contributed by atoms with Crippen molar-refractivity contribution in [1.82, 2.24) is 0 Å². The van der Waals surface area contributed by atoms with Gasteiger partial charge in [-0.15, -0.1) is 9.24 Å². The summed E-state index contributed by atoms with van der Waals surface area (Å²) >= 11 is 0. The van der Waals surface area contributed by atoms with E-state index >= 15 is 0 Å². The van der Waals surface area contributed by atoms with Gasteiger partial charge >= 0.3 is 0 Å². The van der Waals surface area contributed by atoms with Gasteiger partial charge in [0.15, 0.2) is 0 Å². The molecule has 0 aromatic rings. The molecule has 0 aliphatic rings. The molecule has 0 heterocycles. The number of rotatable bonds is 0. The Morgan fingerprint density at radius 3 is 2.00 bits per heavy atom. The summed E-state index contributed by atoms with van der Waals surface area (Å²) in [4.78, 5) is 0. The van der Waals surface area contributed by atoms with Gasteiger partial charge in [0, 0.05) is 0 Å². The van der Waals surface area contributed by atoms with Gasteiger partial charge in [0.2, 0.25) is 0 Å². The van der Waals surface area contributed by atoms with Crippen molar-refractivity contribution in [3.05, 3.63) is 0 Å². The quantitative estimate of drug-likeness (QED) is 0.383. The van der Waals surface area contributed by atoms with Crippen LogP contribution in [0.5, 0.6) is 0 Å². The summed E-state index contributed by atoms with van der Waals surface area (Å²) < 4.78 is 11.0. The summed E-state index contributed by atoms with van der Waals surface area (Å²) in [6.45, 7) is 1.46. The third kappa shape index (κ3) is 33.7. The van der Waals surface area contributed by atoms with Gasteiger partial charge in [-0.1, -0.05) is 0 Å². The zero-order valence-electron chi connectivity index (χ0n) is 2.53. The summed E-state index contributed by atoms with van der Waals surface area (Å²) in [6, 6.07) is 0. The van der Waals surface area contributed by atoms with E-state index in [9.17, 15) is 4.39 Å². The van der Waals surface area contributed by atoms with Crippen molar-refractivity contribution in [2.24, 2.45) is 0 Å². The zero-order valence-corrected chi connectivity index (χ0v) is 3.69. The Kier molecular flexibility index (Phi) is 1.81. The molecule has 26 valence electrons. The summed E-state index contributed by atoms with van der Waals surface area (Å²) in [6.07, 6.45) is 0. The van der Waals surface area contributed by atoms with Gasteiger partial charge in [-0.25, -0.2) is 4.39 Å². The maximum absolute atomic E-state index is 11.0. The van der Waals surface area contributed by atoms with Crippen LogP contribution in [0.15, 0.2) is 0 Å². The number of alkyl halides is 1. The minimum Gasteiger partial charge on any atom is -0.243 e. The minimum atomic E-state index is -0.750. The van der Waals surface area contributed by atoms with E-state index in [0.29, 0.717) is 0 Å². The molecule has 2 heteroatoms. The lowest BCUT2D eigenvalue weighted by molar-refractivity contribution is 0.483.